The van der Waals surface area contributed by atoms with Crippen LogP contribution in [0.4, 0.5) is 21.9 Å². The molecule has 2 atom stereocenters. The molecule has 2 aromatic carbocycles. The number of carbonyl (C=O) groups excluding carboxylic acids is 2. The maximum absolute atomic E-state index is 12.4. The number of urea groups is 1. The molecule has 1 saturated heterocycles. The van der Waals surface area contributed by atoms with Crippen molar-refractivity contribution >= 4 is 29.0 Å². The molecule has 2 heterocycles. The molecule has 0 bridgehead atoms. The molecule has 4 rings (SSSR count). The van der Waals surface area contributed by atoms with Crippen molar-refractivity contribution in [2.75, 3.05) is 22.1 Å². The normalized spacial score (nSPS) is 20.8. The predicted molar refractivity (Wildman–Crippen MR) is 103 cm³/mol. The SMILES string of the molecule is Cc1ccc(NC(=O)NC2CC3C(=O)Nc4ccccc4N3C2)cc1C. The number of hydrogen-bond acceptors (Lipinski definition) is 3. The Kier molecular flexibility index (Phi) is 4.03. The number of nitrogens with one attached hydrogen (secondary N) is 3. The van der Waals surface area contributed by atoms with E-state index >= 15 is 0 Å². The van der Waals surface area contributed by atoms with E-state index in [1.807, 2.05) is 56.3 Å². The second-order valence-corrected chi connectivity index (χ2v) is 7.00. The molecule has 1 fully saturated rings. The number of anilines is 3. The number of aryl methyl sites for hydroxylation is 2. The number of nitrogens with zero attached hydrogens (tertiary/aromatic N) is 1. The van der Waals surface area contributed by atoms with Crippen LogP contribution >= 0.6 is 0 Å². The van der Waals surface area contributed by atoms with Crippen LogP contribution in [-0.4, -0.2) is 30.6 Å². The average Bonchev–Trinajstić information content (AvgIpc) is 3.03. The lowest BCUT2D eigenvalue weighted by atomic mass is 10.1. The highest BCUT2D eigenvalue weighted by Gasteiger charge is 2.41. The number of amides is 3. The smallest absolute Gasteiger partial charge is 0.319 e. The molecule has 2 aliphatic heterocycles. The summed E-state index contributed by atoms with van der Waals surface area (Å²) in [6.07, 6.45) is 0.598. The number of rotatable bonds is 2. The van der Waals surface area contributed by atoms with Crippen molar-refractivity contribution in [3.05, 3.63) is 53.6 Å². The minimum Gasteiger partial charge on any atom is -0.356 e. The van der Waals surface area contributed by atoms with Crippen LogP contribution in [0.2, 0.25) is 0 Å². The van der Waals surface area contributed by atoms with Gasteiger partial charge in [0.25, 0.3) is 0 Å². The first-order valence-corrected chi connectivity index (χ1v) is 8.82. The highest BCUT2D eigenvalue weighted by atomic mass is 16.2. The summed E-state index contributed by atoms with van der Waals surface area (Å²) in [5.74, 6) is -0.0115. The Morgan fingerprint density at radius 1 is 1.15 bits per heavy atom. The fraction of sp³-hybridized carbons (Fsp3) is 0.300. The zero-order chi connectivity index (χ0) is 18.3. The summed E-state index contributed by atoms with van der Waals surface area (Å²) in [4.78, 5) is 26.8. The molecule has 2 unspecified atom stereocenters. The zero-order valence-electron chi connectivity index (χ0n) is 14.9. The largest absolute Gasteiger partial charge is 0.356 e. The summed E-state index contributed by atoms with van der Waals surface area (Å²) in [5.41, 5.74) is 4.93. The fourth-order valence-electron chi connectivity index (χ4n) is 3.67. The summed E-state index contributed by atoms with van der Waals surface area (Å²) in [6, 6.07) is 13.0. The molecule has 2 aromatic rings. The van der Waals surface area contributed by atoms with Gasteiger partial charge >= 0.3 is 6.03 Å². The van der Waals surface area contributed by atoms with Crippen molar-refractivity contribution in [2.24, 2.45) is 0 Å². The van der Waals surface area contributed by atoms with Gasteiger partial charge in [0.05, 0.1) is 17.4 Å². The predicted octanol–water partition coefficient (Wildman–Crippen LogP) is 3.02. The molecular formula is C20H22N4O2. The first-order chi connectivity index (χ1) is 12.5. The van der Waals surface area contributed by atoms with E-state index in [4.69, 9.17) is 0 Å². The van der Waals surface area contributed by atoms with Gasteiger partial charge < -0.3 is 20.9 Å². The van der Waals surface area contributed by atoms with Crippen LogP contribution < -0.4 is 20.9 Å². The monoisotopic (exact) mass is 350 g/mol. The fourth-order valence-corrected chi connectivity index (χ4v) is 3.67. The maximum Gasteiger partial charge on any atom is 0.319 e. The standard InChI is InChI=1S/C20H22N4O2/c1-12-7-8-14(9-13(12)2)21-20(26)22-15-10-18-19(25)23-16-5-3-4-6-17(16)24(18)11-15/h3-9,15,18H,10-11H2,1-2H3,(H,23,25)(H2,21,22,26). The Balaban J connectivity index is 1.43. The van der Waals surface area contributed by atoms with E-state index in [-0.39, 0.29) is 24.0 Å². The molecule has 6 heteroatoms. The van der Waals surface area contributed by atoms with Gasteiger partial charge in [0, 0.05) is 12.2 Å². The molecule has 26 heavy (non-hydrogen) atoms. The van der Waals surface area contributed by atoms with Crippen LogP contribution in [0.15, 0.2) is 42.5 Å². The van der Waals surface area contributed by atoms with Crippen molar-refractivity contribution in [1.82, 2.24) is 5.32 Å². The van der Waals surface area contributed by atoms with Crippen molar-refractivity contribution in [3.63, 3.8) is 0 Å². The van der Waals surface area contributed by atoms with Crippen LogP contribution in [0, 0.1) is 13.8 Å². The van der Waals surface area contributed by atoms with Crippen molar-refractivity contribution < 1.29 is 9.59 Å². The van der Waals surface area contributed by atoms with Crippen LogP contribution in [0.5, 0.6) is 0 Å². The molecule has 2 aliphatic rings. The molecule has 0 saturated carbocycles. The van der Waals surface area contributed by atoms with Gasteiger partial charge in [-0.1, -0.05) is 18.2 Å². The van der Waals surface area contributed by atoms with E-state index < -0.39 is 0 Å². The topological polar surface area (TPSA) is 73.5 Å². The Labute approximate surface area is 152 Å². The quantitative estimate of drug-likeness (QED) is 0.779. The summed E-state index contributed by atoms with van der Waals surface area (Å²) < 4.78 is 0. The number of carbonyl (C=O) groups is 2. The minimum atomic E-state index is -0.244. The molecule has 0 radical (unpaired) electrons. The van der Waals surface area contributed by atoms with Crippen molar-refractivity contribution in [2.45, 2.75) is 32.4 Å². The molecule has 134 valence electrons. The Morgan fingerprint density at radius 3 is 2.77 bits per heavy atom. The van der Waals surface area contributed by atoms with Gasteiger partial charge in [0.1, 0.15) is 6.04 Å². The van der Waals surface area contributed by atoms with E-state index in [9.17, 15) is 9.59 Å². The third kappa shape index (κ3) is 2.98. The van der Waals surface area contributed by atoms with Gasteiger partial charge in [-0.2, -0.15) is 0 Å². The minimum absolute atomic E-state index is 0.0115. The van der Waals surface area contributed by atoms with E-state index in [0.717, 1.165) is 22.6 Å². The van der Waals surface area contributed by atoms with E-state index in [1.165, 1.54) is 5.56 Å². The van der Waals surface area contributed by atoms with Gasteiger partial charge in [0.2, 0.25) is 5.91 Å². The summed E-state index contributed by atoms with van der Waals surface area (Å²) >= 11 is 0. The lowest BCUT2D eigenvalue weighted by molar-refractivity contribution is -0.117. The molecule has 0 aromatic heterocycles. The molecule has 0 spiro atoms. The first kappa shape index (κ1) is 16.4. The molecule has 3 N–H and O–H groups in total. The summed E-state index contributed by atoms with van der Waals surface area (Å²) in [7, 11) is 0. The van der Waals surface area contributed by atoms with Crippen molar-refractivity contribution in [1.29, 1.82) is 0 Å². The third-order valence-corrected chi connectivity index (χ3v) is 5.18. The second kappa shape index (κ2) is 6.37. The number of benzene rings is 2. The van der Waals surface area contributed by atoms with E-state index in [2.05, 4.69) is 20.9 Å². The lowest BCUT2D eigenvalue weighted by Crippen LogP contribution is -2.44. The van der Waals surface area contributed by atoms with E-state index in [1.54, 1.807) is 0 Å². The summed E-state index contributed by atoms with van der Waals surface area (Å²) in [5, 5.41) is 8.82. The Hall–Kier alpha value is -3.02. The highest BCUT2D eigenvalue weighted by Crippen LogP contribution is 2.36. The van der Waals surface area contributed by atoms with Gasteiger partial charge in [-0.05, 0) is 55.7 Å². The molecule has 3 amide bonds. The zero-order valence-corrected chi connectivity index (χ0v) is 14.9. The highest BCUT2D eigenvalue weighted by molar-refractivity contribution is 6.04. The van der Waals surface area contributed by atoms with Gasteiger partial charge in [-0.25, -0.2) is 4.79 Å². The Morgan fingerprint density at radius 2 is 1.96 bits per heavy atom. The van der Waals surface area contributed by atoms with Crippen molar-refractivity contribution in [3.8, 4) is 0 Å². The number of fused-ring (bicyclic) bond motifs is 3. The van der Waals surface area contributed by atoms with E-state index in [0.29, 0.717) is 13.0 Å². The number of hydrogen-bond donors (Lipinski definition) is 3. The second-order valence-electron chi connectivity index (χ2n) is 7.00. The maximum atomic E-state index is 12.4. The van der Waals surface area contributed by atoms with Gasteiger partial charge in [0.15, 0.2) is 0 Å². The van der Waals surface area contributed by atoms with Gasteiger partial charge in [-0.3, -0.25) is 4.79 Å². The Bertz CT molecular complexity index is 880. The molecular weight excluding hydrogens is 328 g/mol. The number of para-hydroxylation sites is 2. The molecule has 6 nitrogen and oxygen atoms in total. The third-order valence-electron chi connectivity index (χ3n) is 5.18. The molecule has 0 aliphatic carbocycles. The lowest BCUT2D eigenvalue weighted by Gasteiger charge is -2.32. The van der Waals surface area contributed by atoms with Gasteiger partial charge in [-0.15, -0.1) is 0 Å². The van der Waals surface area contributed by atoms with Crippen LogP contribution in [0.1, 0.15) is 17.5 Å². The van der Waals surface area contributed by atoms with Crippen LogP contribution in [0.25, 0.3) is 0 Å². The average molecular weight is 350 g/mol. The summed E-state index contributed by atoms with van der Waals surface area (Å²) in [6.45, 7) is 4.68. The first-order valence-electron chi connectivity index (χ1n) is 8.82. The van der Waals surface area contributed by atoms with Crippen LogP contribution in [0.3, 0.4) is 0 Å². The van der Waals surface area contributed by atoms with Crippen LogP contribution in [-0.2, 0) is 4.79 Å².